The Bertz CT molecular complexity index is 134. The van der Waals surface area contributed by atoms with Gasteiger partial charge in [0.05, 0.1) is 12.5 Å². The average molecular weight is 180 g/mol. The fraction of sp³-hybridized carbons (Fsp3) is 0.857. The Morgan fingerprint density at radius 2 is 2.18 bits per heavy atom. The molecular formula is C7H14ClNO2. The molecule has 1 aliphatic carbocycles. The van der Waals surface area contributed by atoms with Crippen molar-refractivity contribution < 1.29 is 9.53 Å². The molecule has 0 radical (unpaired) electrons. The van der Waals surface area contributed by atoms with Crippen LogP contribution in [0, 0.1) is 5.92 Å². The van der Waals surface area contributed by atoms with Crippen molar-refractivity contribution in [2.45, 2.75) is 25.8 Å². The van der Waals surface area contributed by atoms with E-state index in [0.717, 1.165) is 12.8 Å². The monoisotopic (exact) mass is 179 g/mol. The minimum Gasteiger partial charge on any atom is -0.466 e. The van der Waals surface area contributed by atoms with Crippen molar-refractivity contribution in [1.82, 2.24) is 0 Å². The van der Waals surface area contributed by atoms with E-state index in [-0.39, 0.29) is 30.3 Å². The van der Waals surface area contributed by atoms with Crippen molar-refractivity contribution >= 4 is 18.4 Å². The van der Waals surface area contributed by atoms with Crippen LogP contribution < -0.4 is 5.73 Å². The van der Waals surface area contributed by atoms with E-state index in [2.05, 4.69) is 0 Å². The molecule has 1 aliphatic rings. The summed E-state index contributed by atoms with van der Waals surface area (Å²) in [6.07, 6.45) is 1.61. The summed E-state index contributed by atoms with van der Waals surface area (Å²) in [6, 6.07) is 0.231. The standard InChI is InChI=1S/C7H13NO2.ClH/c1-2-10-7(9)5-3-6(8)4-5;/h5-6H,2-4,8H2,1H3;1H/t5-,6-;. The lowest BCUT2D eigenvalue weighted by Crippen LogP contribution is -2.41. The normalized spacial score (nSPS) is 28.2. The summed E-state index contributed by atoms with van der Waals surface area (Å²) in [7, 11) is 0. The first-order valence-electron chi connectivity index (χ1n) is 3.66. The highest BCUT2D eigenvalue weighted by Crippen LogP contribution is 2.26. The number of nitrogens with two attached hydrogens (primary N) is 1. The van der Waals surface area contributed by atoms with Crippen LogP contribution in [-0.2, 0) is 9.53 Å². The van der Waals surface area contributed by atoms with E-state index >= 15 is 0 Å². The third-order valence-corrected chi connectivity index (χ3v) is 1.79. The van der Waals surface area contributed by atoms with E-state index in [1.54, 1.807) is 0 Å². The number of hydrogen-bond acceptors (Lipinski definition) is 3. The predicted octanol–water partition coefficient (Wildman–Crippen LogP) is 0.709. The molecule has 0 atom stereocenters. The minimum absolute atomic E-state index is 0. The lowest BCUT2D eigenvalue weighted by molar-refractivity contribution is -0.151. The van der Waals surface area contributed by atoms with Crippen LogP contribution in [0.1, 0.15) is 19.8 Å². The van der Waals surface area contributed by atoms with Crippen LogP contribution in [0.25, 0.3) is 0 Å². The van der Waals surface area contributed by atoms with Gasteiger partial charge in [0.2, 0.25) is 0 Å². The van der Waals surface area contributed by atoms with Gasteiger partial charge in [-0.3, -0.25) is 4.79 Å². The molecule has 0 bridgehead atoms. The maximum atomic E-state index is 10.9. The van der Waals surface area contributed by atoms with Gasteiger partial charge in [-0.2, -0.15) is 0 Å². The molecule has 0 saturated heterocycles. The second-order valence-corrected chi connectivity index (χ2v) is 2.68. The van der Waals surface area contributed by atoms with E-state index < -0.39 is 0 Å². The topological polar surface area (TPSA) is 52.3 Å². The van der Waals surface area contributed by atoms with Crippen molar-refractivity contribution in [1.29, 1.82) is 0 Å². The van der Waals surface area contributed by atoms with Gasteiger partial charge >= 0.3 is 5.97 Å². The highest BCUT2D eigenvalue weighted by molar-refractivity contribution is 5.85. The minimum atomic E-state index is -0.0794. The Hall–Kier alpha value is -0.280. The number of halogens is 1. The van der Waals surface area contributed by atoms with Crippen molar-refractivity contribution in [3.8, 4) is 0 Å². The van der Waals surface area contributed by atoms with Crippen LogP contribution in [0.5, 0.6) is 0 Å². The zero-order valence-electron chi connectivity index (χ0n) is 6.58. The fourth-order valence-electron chi connectivity index (χ4n) is 1.11. The number of esters is 1. The predicted molar refractivity (Wildman–Crippen MR) is 44.6 cm³/mol. The van der Waals surface area contributed by atoms with Crippen LogP contribution in [0.15, 0.2) is 0 Å². The van der Waals surface area contributed by atoms with Crippen LogP contribution in [0.3, 0.4) is 0 Å². The Balaban J connectivity index is 0.000001000. The summed E-state index contributed by atoms with van der Waals surface area (Å²) >= 11 is 0. The molecule has 0 unspecified atom stereocenters. The van der Waals surface area contributed by atoms with E-state index in [4.69, 9.17) is 10.5 Å². The number of carbonyl (C=O) groups is 1. The molecule has 0 aliphatic heterocycles. The van der Waals surface area contributed by atoms with Gasteiger partial charge in [-0.05, 0) is 19.8 Å². The van der Waals surface area contributed by atoms with Crippen LogP contribution in [0.4, 0.5) is 0 Å². The molecule has 11 heavy (non-hydrogen) atoms. The largest absolute Gasteiger partial charge is 0.466 e. The highest BCUT2D eigenvalue weighted by atomic mass is 35.5. The SMILES string of the molecule is CCOC(=O)[C@H]1C[C@H](N)C1.Cl. The lowest BCUT2D eigenvalue weighted by Gasteiger charge is -2.29. The second-order valence-electron chi connectivity index (χ2n) is 2.68. The molecule has 1 fully saturated rings. The van der Waals surface area contributed by atoms with E-state index in [1.807, 2.05) is 6.92 Å². The van der Waals surface area contributed by atoms with Gasteiger partial charge < -0.3 is 10.5 Å². The molecule has 0 aromatic heterocycles. The summed E-state index contributed by atoms with van der Waals surface area (Å²) in [5.41, 5.74) is 5.50. The van der Waals surface area contributed by atoms with Crippen molar-refractivity contribution in [3.05, 3.63) is 0 Å². The lowest BCUT2D eigenvalue weighted by atomic mass is 9.81. The number of hydrogen-bond donors (Lipinski definition) is 1. The van der Waals surface area contributed by atoms with Crippen molar-refractivity contribution in [3.63, 3.8) is 0 Å². The summed E-state index contributed by atoms with van der Waals surface area (Å²) in [5, 5.41) is 0. The molecule has 0 aromatic carbocycles. The smallest absolute Gasteiger partial charge is 0.309 e. The molecule has 0 heterocycles. The first-order chi connectivity index (χ1) is 4.74. The van der Waals surface area contributed by atoms with Gasteiger partial charge in [0.25, 0.3) is 0 Å². The molecule has 0 amide bonds. The third kappa shape index (κ3) is 2.67. The van der Waals surface area contributed by atoms with Gasteiger partial charge in [-0.25, -0.2) is 0 Å². The number of rotatable bonds is 2. The van der Waals surface area contributed by atoms with E-state index in [1.165, 1.54) is 0 Å². The molecule has 0 aromatic rings. The van der Waals surface area contributed by atoms with Crippen LogP contribution >= 0.6 is 12.4 Å². The van der Waals surface area contributed by atoms with Crippen LogP contribution in [0.2, 0.25) is 0 Å². The molecule has 1 rings (SSSR count). The Morgan fingerprint density at radius 3 is 2.55 bits per heavy atom. The molecule has 3 nitrogen and oxygen atoms in total. The van der Waals surface area contributed by atoms with Crippen LogP contribution in [-0.4, -0.2) is 18.6 Å². The van der Waals surface area contributed by atoms with Gasteiger partial charge in [0.15, 0.2) is 0 Å². The van der Waals surface area contributed by atoms with Crippen molar-refractivity contribution in [2.75, 3.05) is 6.61 Å². The first kappa shape index (κ1) is 10.7. The summed E-state index contributed by atoms with van der Waals surface area (Å²) < 4.78 is 4.80. The quantitative estimate of drug-likeness (QED) is 0.636. The summed E-state index contributed by atoms with van der Waals surface area (Å²) in [4.78, 5) is 10.9. The van der Waals surface area contributed by atoms with Gasteiger partial charge in [0.1, 0.15) is 0 Å². The maximum Gasteiger partial charge on any atom is 0.309 e. The summed E-state index contributed by atoms with van der Waals surface area (Å²) in [6.45, 7) is 2.29. The molecule has 66 valence electrons. The number of ether oxygens (including phenoxy) is 1. The van der Waals surface area contributed by atoms with E-state index in [0.29, 0.717) is 6.61 Å². The first-order valence-corrected chi connectivity index (χ1v) is 3.66. The van der Waals surface area contributed by atoms with Crippen molar-refractivity contribution in [2.24, 2.45) is 11.7 Å². The summed E-state index contributed by atoms with van der Waals surface area (Å²) in [5.74, 6) is 0.0131. The molecule has 4 heteroatoms. The average Bonchev–Trinajstić information content (AvgIpc) is 1.82. The zero-order chi connectivity index (χ0) is 7.56. The third-order valence-electron chi connectivity index (χ3n) is 1.79. The highest BCUT2D eigenvalue weighted by Gasteiger charge is 2.32. The van der Waals surface area contributed by atoms with Gasteiger partial charge in [-0.1, -0.05) is 0 Å². The Labute approximate surface area is 72.7 Å². The molecule has 0 spiro atoms. The number of carbonyl (C=O) groups excluding carboxylic acids is 1. The molecule has 1 saturated carbocycles. The Morgan fingerprint density at radius 1 is 1.64 bits per heavy atom. The maximum absolute atomic E-state index is 10.9. The fourth-order valence-corrected chi connectivity index (χ4v) is 1.11. The van der Waals surface area contributed by atoms with Gasteiger partial charge in [-0.15, -0.1) is 12.4 Å². The van der Waals surface area contributed by atoms with Gasteiger partial charge in [0, 0.05) is 6.04 Å². The second kappa shape index (κ2) is 4.57. The molecular weight excluding hydrogens is 166 g/mol. The Kier molecular flexibility index (Phi) is 4.45. The zero-order valence-corrected chi connectivity index (χ0v) is 7.39. The molecule has 2 N–H and O–H groups in total. The van der Waals surface area contributed by atoms with E-state index in [9.17, 15) is 4.79 Å².